The van der Waals surface area contributed by atoms with E-state index in [0.29, 0.717) is 18.2 Å². The van der Waals surface area contributed by atoms with Gasteiger partial charge in [0, 0.05) is 6.04 Å². The van der Waals surface area contributed by atoms with Crippen LogP contribution in [0.15, 0.2) is 6.33 Å². The Hall–Kier alpha value is -1.06. The van der Waals surface area contributed by atoms with Gasteiger partial charge in [-0.05, 0) is 39.5 Å². The predicted octanol–water partition coefficient (Wildman–Crippen LogP) is 2.18. The Morgan fingerprint density at radius 2 is 2.14 bits per heavy atom. The van der Waals surface area contributed by atoms with Crippen molar-refractivity contribution in [2.45, 2.75) is 51.7 Å². The third-order valence-electron chi connectivity index (χ3n) is 2.67. The van der Waals surface area contributed by atoms with Crippen LogP contribution in [0.2, 0.25) is 0 Å². The van der Waals surface area contributed by atoms with Crippen molar-refractivity contribution < 1.29 is 4.74 Å². The number of nitrogens with zero attached hydrogens (tertiary/aromatic N) is 3. The summed E-state index contributed by atoms with van der Waals surface area (Å²) in [5.41, 5.74) is 0. The Labute approximate surface area is 84.3 Å². The van der Waals surface area contributed by atoms with Gasteiger partial charge in [-0.1, -0.05) is 5.10 Å². The highest BCUT2D eigenvalue weighted by atomic mass is 16.5. The van der Waals surface area contributed by atoms with Gasteiger partial charge in [0.25, 0.3) is 0 Å². The Balaban J connectivity index is 2.04. The van der Waals surface area contributed by atoms with E-state index in [1.807, 2.05) is 4.57 Å². The molecule has 1 aliphatic rings. The molecule has 4 heteroatoms. The first-order valence-electron chi connectivity index (χ1n) is 5.33. The van der Waals surface area contributed by atoms with Crippen LogP contribution in [0.25, 0.3) is 0 Å². The molecule has 2 rings (SSSR count). The van der Waals surface area contributed by atoms with E-state index in [1.54, 1.807) is 6.33 Å². The monoisotopic (exact) mass is 195 g/mol. The lowest BCUT2D eigenvalue weighted by atomic mass is 10.3. The van der Waals surface area contributed by atoms with Crippen molar-refractivity contribution in [1.82, 2.24) is 14.8 Å². The molecule has 78 valence electrons. The van der Waals surface area contributed by atoms with Gasteiger partial charge in [-0.2, -0.15) is 0 Å². The van der Waals surface area contributed by atoms with Crippen LogP contribution in [-0.4, -0.2) is 20.9 Å². The maximum absolute atomic E-state index is 5.80. The van der Waals surface area contributed by atoms with Gasteiger partial charge in [-0.3, -0.25) is 4.57 Å². The Morgan fingerprint density at radius 1 is 1.43 bits per heavy atom. The lowest BCUT2D eigenvalue weighted by Gasteiger charge is -2.14. The summed E-state index contributed by atoms with van der Waals surface area (Å²) < 4.78 is 7.77. The lowest BCUT2D eigenvalue weighted by molar-refractivity contribution is 0.180. The number of hydrogen-bond donors (Lipinski definition) is 0. The summed E-state index contributed by atoms with van der Waals surface area (Å²) in [6.07, 6.45) is 6.96. The molecule has 0 unspecified atom stereocenters. The van der Waals surface area contributed by atoms with Gasteiger partial charge in [-0.15, -0.1) is 5.10 Å². The van der Waals surface area contributed by atoms with E-state index < -0.39 is 0 Å². The van der Waals surface area contributed by atoms with E-state index in [4.69, 9.17) is 4.74 Å². The molecule has 0 atom stereocenters. The van der Waals surface area contributed by atoms with Gasteiger partial charge in [0.05, 0.1) is 0 Å². The van der Waals surface area contributed by atoms with Crippen molar-refractivity contribution in [1.29, 1.82) is 0 Å². The van der Waals surface area contributed by atoms with Gasteiger partial charge in [0.1, 0.15) is 12.4 Å². The molecule has 0 spiro atoms. The van der Waals surface area contributed by atoms with E-state index in [-0.39, 0.29) is 0 Å². The van der Waals surface area contributed by atoms with Crippen LogP contribution in [0.4, 0.5) is 0 Å². The Bertz CT molecular complexity index is 289. The summed E-state index contributed by atoms with van der Waals surface area (Å²) in [6, 6.07) is 1.04. The fraction of sp³-hybridized carbons (Fsp3) is 0.800. The van der Waals surface area contributed by atoms with Gasteiger partial charge in [-0.25, -0.2) is 0 Å². The molecule has 0 bridgehead atoms. The summed E-state index contributed by atoms with van der Waals surface area (Å²) in [5.74, 6) is 0. The predicted molar refractivity (Wildman–Crippen MR) is 53.3 cm³/mol. The first-order chi connectivity index (χ1) is 6.77. The summed E-state index contributed by atoms with van der Waals surface area (Å²) in [6.45, 7) is 4.20. The molecule has 1 fully saturated rings. The van der Waals surface area contributed by atoms with E-state index in [9.17, 15) is 0 Å². The van der Waals surface area contributed by atoms with Crippen LogP contribution in [0.5, 0.6) is 6.01 Å². The first kappa shape index (κ1) is 9.49. The summed E-state index contributed by atoms with van der Waals surface area (Å²) in [7, 11) is 0. The highest BCUT2D eigenvalue weighted by Crippen LogP contribution is 2.23. The average molecular weight is 195 g/mol. The van der Waals surface area contributed by atoms with E-state index in [2.05, 4.69) is 24.0 Å². The van der Waals surface area contributed by atoms with Crippen LogP contribution in [0.3, 0.4) is 0 Å². The van der Waals surface area contributed by atoms with Gasteiger partial charge in [0.15, 0.2) is 0 Å². The molecule has 0 saturated heterocycles. The molecule has 1 aliphatic carbocycles. The number of rotatable bonds is 3. The third kappa shape index (κ3) is 1.89. The lowest BCUT2D eigenvalue weighted by Crippen LogP contribution is -2.15. The Morgan fingerprint density at radius 3 is 2.79 bits per heavy atom. The number of aromatic nitrogens is 3. The third-order valence-corrected chi connectivity index (χ3v) is 2.67. The second-order valence-electron chi connectivity index (χ2n) is 4.14. The van der Waals surface area contributed by atoms with Crippen molar-refractivity contribution in [3.63, 3.8) is 0 Å². The van der Waals surface area contributed by atoms with Crippen LogP contribution in [0, 0.1) is 0 Å². The van der Waals surface area contributed by atoms with Crippen molar-refractivity contribution in [3.05, 3.63) is 6.33 Å². The molecule has 1 heterocycles. The fourth-order valence-corrected chi connectivity index (χ4v) is 1.83. The largest absolute Gasteiger partial charge is 0.460 e. The van der Waals surface area contributed by atoms with Crippen LogP contribution in [-0.2, 0) is 0 Å². The van der Waals surface area contributed by atoms with Crippen molar-refractivity contribution in [2.75, 3.05) is 0 Å². The molecule has 0 amide bonds. The van der Waals surface area contributed by atoms with Crippen molar-refractivity contribution in [2.24, 2.45) is 0 Å². The van der Waals surface area contributed by atoms with Gasteiger partial charge < -0.3 is 4.74 Å². The molecular formula is C10H17N3O. The zero-order valence-electron chi connectivity index (χ0n) is 8.81. The quantitative estimate of drug-likeness (QED) is 0.742. The molecule has 0 N–H and O–H groups in total. The van der Waals surface area contributed by atoms with Gasteiger partial charge >= 0.3 is 6.01 Å². The molecule has 4 nitrogen and oxygen atoms in total. The number of ether oxygens (including phenoxy) is 1. The summed E-state index contributed by atoms with van der Waals surface area (Å²) in [4.78, 5) is 0. The smallest absolute Gasteiger partial charge is 0.317 e. The minimum absolute atomic E-state index is 0.358. The normalized spacial score (nSPS) is 17.9. The maximum atomic E-state index is 5.80. The maximum Gasteiger partial charge on any atom is 0.317 e. The summed E-state index contributed by atoms with van der Waals surface area (Å²) >= 11 is 0. The molecular weight excluding hydrogens is 178 g/mol. The SMILES string of the molecule is CC(C)n1cnnc1OC1CCCC1. The zero-order valence-corrected chi connectivity index (χ0v) is 8.81. The van der Waals surface area contributed by atoms with E-state index in [1.165, 1.54) is 12.8 Å². The highest BCUT2D eigenvalue weighted by Gasteiger charge is 2.19. The number of hydrogen-bond acceptors (Lipinski definition) is 3. The van der Waals surface area contributed by atoms with E-state index in [0.717, 1.165) is 12.8 Å². The van der Waals surface area contributed by atoms with Crippen LogP contribution in [0.1, 0.15) is 45.6 Å². The van der Waals surface area contributed by atoms with Crippen molar-refractivity contribution in [3.8, 4) is 6.01 Å². The molecule has 0 radical (unpaired) electrons. The fourth-order valence-electron chi connectivity index (χ4n) is 1.83. The average Bonchev–Trinajstić information content (AvgIpc) is 2.75. The molecule has 14 heavy (non-hydrogen) atoms. The zero-order chi connectivity index (χ0) is 9.97. The molecule has 1 saturated carbocycles. The van der Waals surface area contributed by atoms with Crippen LogP contribution < -0.4 is 4.74 Å². The molecule has 1 aromatic rings. The minimum atomic E-state index is 0.358. The van der Waals surface area contributed by atoms with Crippen molar-refractivity contribution >= 4 is 0 Å². The van der Waals surface area contributed by atoms with E-state index >= 15 is 0 Å². The Kier molecular flexibility index (Phi) is 2.70. The molecule has 0 aliphatic heterocycles. The second-order valence-corrected chi connectivity index (χ2v) is 4.14. The first-order valence-corrected chi connectivity index (χ1v) is 5.33. The highest BCUT2D eigenvalue weighted by molar-refractivity contribution is 4.95. The second kappa shape index (κ2) is 3.98. The molecule has 1 aromatic heterocycles. The molecule has 0 aromatic carbocycles. The minimum Gasteiger partial charge on any atom is -0.460 e. The summed E-state index contributed by atoms with van der Waals surface area (Å²) in [5, 5.41) is 7.87. The van der Waals surface area contributed by atoms with Crippen LogP contribution >= 0.6 is 0 Å². The topological polar surface area (TPSA) is 39.9 Å². The standard InChI is InChI=1S/C10H17N3O/c1-8(2)13-7-11-12-10(13)14-9-5-3-4-6-9/h7-9H,3-6H2,1-2H3. The van der Waals surface area contributed by atoms with Gasteiger partial charge in [0.2, 0.25) is 0 Å².